The first kappa shape index (κ1) is 36.8. The molecular weight excluding hydrogens is 716 g/mol. The summed E-state index contributed by atoms with van der Waals surface area (Å²) in [5.74, 6) is -3.81. The van der Waals surface area contributed by atoms with E-state index in [9.17, 15) is 19.5 Å². The quantitative estimate of drug-likeness (QED) is 0.321. The molecule has 2 aromatic carbocycles. The first-order valence-electron chi connectivity index (χ1n) is 17.8. The highest BCUT2D eigenvalue weighted by molar-refractivity contribution is 9.11. The van der Waals surface area contributed by atoms with Crippen molar-refractivity contribution in [1.82, 2.24) is 9.80 Å². The predicted molar refractivity (Wildman–Crippen MR) is 197 cm³/mol. The summed E-state index contributed by atoms with van der Waals surface area (Å²) in [6.07, 6.45) is 4.45. The molecule has 272 valence electrons. The second-order valence-corrected chi connectivity index (χ2v) is 14.7. The number of esters is 1. The zero-order valence-electron chi connectivity index (χ0n) is 29.8. The van der Waals surface area contributed by atoms with Gasteiger partial charge < -0.3 is 34.2 Å². The Balaban J connectivity index is 1.47. The third-order valence-electron chi connectivity index (χ3n) is 11.0. The number of fused-ring (bicyclic) bond motifs is 2. The van der Waals surface area contributed by atoms with E-state index in [0.29, 0.717) is 22.2 Å². The SMILES string of the molecule is CCN(CC)c1ccc(N2C/C=C\CCC(=O)N(C)[C@H](C)[C@@H](c3ccccc3)OC(=O)[C@@H]3[C@H]4O[C@@]5(C=C4Br)[C@H](C2=O)N([C@H](C)CO)C(=O)[C@@H]35)cc1. The molecule has 1 spiro atoms. The Morgan fingerprint density at radius 1 is 0.980 bits per heavy atom. The van der Waals surface area contributed by atoms with Crippen molar-refractivity contribution in [3.05, 3.63) is 82.9 Å². The molecule has 6 rings (SSSR count). The second kappa shape index (κ2) is 14.9. The van der Waals surface area contributed by atoms with Gasteiger partial charge in [-0.05, 0) is 70.0 Å². The molecule has 0 radical (unpaired) electrons. The molecule has 4 heterocycles. The Morgan fingerprint density at radius 3 is 2.31 bits per heavy atom. The van der Waals surface area contributed by atoms with E-state index >= 15 is 4.79 Å². The van der Waals surface area contributed by atoms with Crippen LogP contribution in [0, 0.1) is 11.8 Å². The molecule has 0 aromatic heterocycles. The fraction of sp³-hybridized carbons (Fsp3) is 0.487. The van der Waals surface area contributed by atoms with Gasteiger partial charge in [0.25, 0.3) is 5.91 Å². The maximum absolute atomic E-state index is 15.1. The molecule has 0 saturated carbocycles. The molecule has 2 saturated heterocycles. The molecule has 1 N–H and O–H groups in total. The highest BCUT2D eigenvalue weighted by Gasteiger charge is 2.75. The molecule has 4 aliphatic heterocycles. The van der Waals surface area contributed by atoms with E-state index in [1.807, 2.05) is 73.7 Å². The normalized spacial score (nSPS) is 31.0. The number of ether oxygens (including phenoxy) is 2. The predicted octanol–water partition coefficient (Wildman–Crippen LogP) is 4.60. The minimum atomic E-state index is -1.50. The monoisotopic (exact) mass is 762 g/mol. The maximum Gasteiger partial charge on any atom is 0.313 e. The highest BCUT2D eigenvalue weighted by Crippen LogP contribution is 2.59. The molecule has 3 amide bonds. The third kappa shape index (κ3) is 6.40. The average Bonchev–Trinajstić information content (AvgIpc) is 3.74. The van der Waals surface area contributed by atoms with Gasteiger partial charge in [-0.3, -0.25) is 19.2 Å². The summed E-state index contributed by atoms with van der Waals surface area (Å²) in [6.45, 7) is 9.10. The van der Waals surface area contributed by atoms with Gasteiger partial charge in [-0.1, -0.05) is 58.4 Å². The van der Waals surface area contributed by atoms with Crippen molar-refractivity contribution < 1.29 is 33.8 Å². The van der Waals surface area contributed by atoms with Crippen LogP contribution in [0.5, 0.6) is 0 Å². The first-order valence-corrected chi connectivity index (χ1v) is 18.6. The van der Waals surface area contributed by atoms with Gasteiger partial charge in [-0.2, -0.15) is 0 Å². The van der Waals surface area contributed by atoms with Gasteiger partial charge >= 0.3 is 5.97 Å². The number of carbonyl (C=O) groups excluding carboxylic acids is 4. The topological polar surface area (TPSA) is 120 Å². The summed E-state index contributed by atoms with van der Waals surface area (Å²) in [5.41, 5.74) is 0.833. The van der Waals surface area contributed by atoms with E-state index in [2.05, 4.69) is 34.7 Å². The van der Waals surface area contributed by atoms with Crippen LogP contribution in [0.2, 0.25) is 0 Å². The zero-order valence-corrected chi connectivity index (χ0v) is 31.4. The Morgan fingerprint density at radius 2 is 1.67 bits per heavy atom. The number of anilines is 2. The van der Waals surface area contributed by atoms with Gasteiger partial charge in [0.05, 0.1) is 24.6 Å². The summed E-state index contributed by atoms with van der Waals surface area (Å²) in [6, 6.07) is 14.5. The Labute approximate surface area is 308 Å². The number of aliphatic hydroxyl groups excluding tert-OH is 1. The van der Waals surface area contributed by atoms with Crippen molar-refractivity contribution in [2.75, 3.05) is 43.1 Å². The molecule has 51 heavy (non-hydrogen) atoms. The van der Waals surface area contributed by atoms with Crippen molar-refractivity contribution in [3.63, 3.8) is 0 Å². The maximum atomic E-state index is 15.1. The average molecular weight is 764 g/mol. The second-order valence-electron chi connectivity index (χ2n) is 13.8. The number of rotatable bonds is 7. The van der Waals surface area contributed by atoms with Crippen LogP contribution >= 0.6 is 15.9 Å². The lowest BCUT2D eigenvalue weighted by molar-refractivity contribution is -0.164. The summed E-state index contributed by atoms with van der Waals surface area (Å²) in [7, 11) is 1.70. The van der Waals surface area contributed by atoms with Crippen LogP contribution in [0.4, 0.5) is 11.4 Å². The van der Waals surface area contributed by atoms with Crippen LogP contribution < -0.4 is 9.80 Å². The number of aliphatic hydroxyl groups is 1. The number of cyclic esters (lactones) is 1. The summed E-state index contributed by atoms with van der Waals surface area (Å²) in [5, 5.41) is 10.4. The molecule has 2 fully saturated rings. The van der Waals surface area contributed by atoms with Gasteiger partial charge in [0.1, 0.15) is 29.8 Å². The number of amides is 3. The Kier molecular flexibility index (Phi) is 10.8. The van der Waals surface area contributed by atoms with Crippen LogP contribution in [0.1, 0.15) is 52.2 Å². The number of likely N-dealkylation sites (N-methyl/N-ethyl adjacent to an activating group) is 1. The van der Waals surface area contributed by atoms with Gasteiger partial charge in [0.15, 0.2) is 0 Å². The van der Waals surface area contributed by atoms with Crippen LogP contribution in [-0.4, -0.2) is 102 Å². The van der Waals surface area contributed by atoms with Crippen LogP contribution in [0.15, 0.2) is 77.3 Å². The number of hydrogen-bond donors (Lipinski definition) is 1. The number of nitrogens with zero attached hydrogens (tertiary/aromatic N) is 4. The number of benzene rings is 2. The molecular formula is C39H47BrN4O7. The number of halogens is 1. The van der Waals surface area contributed by atoms with Crippen LogP contribution in [0.3, 0.4) is 0 Å². The van der Waals surface area contributed by atoms with Gasteiger partial charge in [-0.25, -0.2) is 0 Å². The lowest BCUT2D eigenvalue weighted by Crippen LogP contribution is -2.58. The number of likely N-dealkylation sites (tertiary alicyclic amines) is 1. The molecule has 0 unspecified atom stereocenters. The summed E-state index contributed by atoms with van der Waals surface area (Å²) >= 11 is 3.61. The Hall–Kier alpha value is -4.00. The molecule has 2 aromatic rings. The minimum absolute atomic E-state index is 0.121. The van der Waals surface area contributed by atoms with E-state index < -0.39 is 72.2 Å². The van der Waals surface area contributed by atoms with Crippen molar-refractivity contribution in [3.8, 4) is 0 Å². The van der Waals surface area contributed by atoms with Crippen molar-refractivity contribution in [1.29, 1.82) is 0 Å². The summed E-state index contributed by atoms with van der Waals surface area (Å²) in [4.78, 5) is 64.4. The van der Waals surface area contributed by atoms with E-state index in [1.54, 1.807) is 29.8 Å². The molecule has 8 atom stereocenters. The largest absolute Gasteiger partial charge is 0.455 e. The summed E-state index contributed by atoms with van der Waals surface area (Å²) < 4.78 is 13.5. The van der Waals surface area contributed by atoms with Gasteiger partial charge in [0, 0.05) is 49.0 Å². The Bertz CT molecular complexity index is 1700. The molecule has 12 heteroatoms. The standard InChI is InChI=1S/C39H47BrN4O7/c1-6-42(7-2)27-17-19-28(20-18-27)43-21-13-9-12-16-30(46)41(5)25(4)33(26-14-10-8-11-15-26)50-38(49)31-32-36(47)44(24(3)23-45)35(37(43)48)39(32)22-29(40)34(31)51-39/h8-11,13-15,17-20,22,24-25,31-35,45H,6-7,12,16,21,23H2,1-5H3/b13-9-/t24-,25-,31+,32-,33+,34+,35+,39-/m1/s1. The van der Waals surface area contributed by atoms with E-state index in [-0.39, 0.29) is 18.9 Å². The van der Waals surface area contributed by atoms with E-state index in [4.69, 9.17) is 9.47 Å². The highest BCUT2D eigenvalue weighted by atomic mass is 79.9. The fourth-order valence-electron chi connectivity index (χ4n) is 8.07. The third-order valence-corrected chi connectivity index (χ3v) is 11.6. The zero-order chi connectivity index (χ0) is 36.6. The smallest absolute Gasteiger partial charge is 0.313 e. The van der Waals surface area contributed by atoms with Crippen LogP contribution in [-0.2, 0) is 28.7 Å². The van der Waals surface area contributed by atoms with E-state index in [0.717, 1.165) is 18.8 Å². The van der Waals surface area contributed by atoms with Crippen molar-refractivity contribution in [2.24, 2.45) is 11.8 Å². The molecule has 5 bridgehead atoms. The van der Waals surface area contributed by atoms with Gasteiger partial charge in [-0.15, -0.1) is 0 Å². The number of allylic oxidation sites excluding steroid dienone is 1. The fourth-order valence-corrected chi connectivity index (χ4v) is 8.81. The molecule has 0 aliphatic carbocycles. The van der Waals surface area contributed by atoms with E-state index in [1.165, 1.54) is 4.90 Å². The minimum Gasteiger partial charge on any atom is -0.455 e. The molecule has 11 nitrogen and oxygen atoms in total. The lowest BCUT2D eigenvalue weighted by Gasteiger charge is -2.37. The number of hydrogen-bond acceptors (Lipinski definition) is 8. The number of carbonyl (C=O) groups is 4. The molecule has 4 aliphatic rings. The lowest BCUT2D eigenvalue weighted by atomic mass is 9.74. The van der Waals surface area contributed by atoms with Crippen LogP contribution in [0.25, 0.3) is 0 Å². The first-order chi connectivity index (χ1) is 24.5. The van der Waals surface area contributed by atoms with Gasteiger partial charge in [0.2, 0.25) is 11.8 Å². The van der Waals surface area contributed by atoms with Crippen molar-refractivity contribution >= 4 is 51.0 Å². The van der Waals surface area contributed by atoms with Crippen molar-refractivity contribution in [2.45, 2.75) is 76.5 Å².